The van der Waals surface area contributed by atoms with Gasteiger partial charge in [-0.1, -0.05) is 15.9 Å². The maximum atomic E-state index is 11.1. The molecule has 0 spiro atoms. The maximum Gasteiger partial charge on any atom is 0.308 e. The Morgan fingerprint density at radius 1 is 1.32 bits per heavy atom. The molecule has 1 aromatic carbocycles. The Labute approximate surface area is 120 Å². The van der Waals surface area contributed by atoms with E-state index in [1.807, 2.05) is 19.9 Å². The first-order chi connectivity index (χ1) is 8.82. The number of hydrogen-bond acceptors (Lipinski definition) is 4. The van der Waals surface area contributed by atoms with Crippen molar-refractivity contribution in [3.63, 3.8) is 0 Å². The molecule has 1 aliphatic heterocycles. The van der Waals surface area contributed by atoms with Crippen LogP contribution in [0.5, 0.6) is 17.2 Å². The molecule has 0 aromatic heterocycles. The maximum absolute atomic E-state index is 11.1. The normalized spacial score (nSPS) is 15.9. The molecule has 2 rings (SSSR count). The second-order valence-electron chi connectivity index (χ2n) is 4.79. The zero-order valence-electron chi connectivity index (χ0n) is 11.2. The van der Waals surface area contributed by atoms with Crippen LogP contribution in [0, 0.1) is 0 Å². The molecule has 0 saturated heterocycles. The van der Waals surface area contributed by atoms with E-state index in [0.717, 1.165) is 10.0 Å². The Bertz CT molecular complexity index is 561. The number of ether oxygens (including phenoxy) is 3. The number of rotatable bonds is 2. The van der Waals surface area contributed by atoms with Gasteiger partial charge in [0.1, 0.15) is 11.4 Å². The highest BCUT2D eigenvalue weighted by atomic mass is 79.9. The monoisotopic (exact) mass is 326 g/mol. The molecule has 0 N–H and O–H groups in total. The van der Waals surface area contributed by atoms with Crippen LogP contribution in [0.2, 0.25) is 0 Å². The molecule has 5 heteroatoms. The van der Waals surface area contributed by atoms with E-state index in [9.17, 15) is 4.79 Å². The van der Waals surface area contributed by atoms with Gasteiger partial charge in [0.25, 0.3) is 0 Å². The fourth-order valence-corrected chi connectivity index (χ4v) is 2.76. The standard InChI is InChI=1S/C14H15BrO4/c1-8(16)18-13-5-9-10(15)7-14(2,3)19-11(9)6-12(13)17-4/h5-7H,1-4H3. The Morgan fingerprint density at radius 3 is 2.58 bits per heavy atom. The number of benzene rings is 1. The van der Waals surface area contributed by atoms with Crippen LogP contribution in [0.25, 0.3) is 4.48 Å². The summed E-state index contributed by atoms with van der Waals surface area (Å²) in [5, 5.41) is 0. The molecule has 0 saturated carbocycles. The minimum atomic E-state index is -0.403. The summed E-state index contributed by atoms with van der Waals surface area (Å²) in [5.74, 6) is 1.14. The lowest BCUT2D eigenvalue weighted by Gasteiger charge is -2.30. The molecule has 0 bridgehead atoms. The first-order valence-electron chi connectivity index (χ1n) is 5.80. The van der Waals surface area contributed by atoms with Crippen molar-refractivity contribution in [1.82, 2.24) is 0 Å². The fourth-order valence-electron chi connectivity index (χ4n) is 1.90. The average molecular weight is 327 g/mol. The summed E-state index contributed by atoms with van der Waals surface area (Å²) in [7, 11) is 1.52. The highest BCUT2D eigenvalue weighted by Crippen LogP contribution is 2.44. The lowest BCUT2D eigenvalue weighted by molar-refractivity contribution is -0.132. The summed E-state index contributed by atoms with van der Waals surface area (Å²) in [5.41, 5.74) is 0.427. The molecule has 1 aromatic rings. The SMILES string of the molecule is COc1cc2c(cc1OC(C)=O)C(Br)=CC(C)(C)O2. The van der Waals surface area contributed by atoms with E-state index >= 15 is 0 Å². The van der Waals surface area contributed by atoms with Crippen molar-refractivity contribution in [2.45, 2.75) is 26.4 Å². The smallest absolute Gasteiger partial charge is 0.308 e. The molecule has 4 nitrogen and oxygen atoms in total. The van der Waals surface area contributed by atoms with Gasteiger partial charge >= 0.3 is 5.97 Å². The van der Waals surface area contributed by atoms with Gasteiger partial charge in [-0.3, -0.25) is 4.79 Å². The highest BCUT2D eigenvalue weighted by Gasteiger charge is 2.27. The number of methoxy groups -OCH3 is 1. The lowest BCUT2D eigenvalue weighted by Crippen LogP contribution is -2.28. The van der Waals surface area contributed by atoms with Gasteiger partial charge in [-0.25, -0.2) is 0 Å². The van der Waals surface area contributed by atoms with Crippen LogP contribution in [0.1, 0.15) is 26.3 Å². The van der Waals surface area contributed by atoms with Crippen LogP contribution in [-0.4, -0.2) is 18.7 Å². The zero-order valence-corrected chi connectivity index (χ0v) is 12.8. The molecular weight excluding hydrogens is 312 g/mol. The van der Waals surface area contributed by atoms with Gasteiger partial charge in [-0.05, 0) is 26.0 Å². The Kier molecular flexibility index (Phi) is 3.58. The summed E-state index contributed by atoms with van der Waals surface area (Å²) >= 11 is 3.51. The highest BCUT2D eigenvalue weighted by molar-refractivity contribution is 9.15. The van der Waals surface area contributed by atoms with Crippen molar-refractivity contribution in [3.05, 3.63) is 23.8 Å². The van der Waals surface area contributed by atoms with Gasteiger partial charge in [0.05, 0.1) is 7.11 Å². The van der Waals surface area contributed by atoms with Gasteiger partial charge in [-0.15, -0.1) is 0 Å². The third kappa shape index (κ3) is 2.92. The molecule has 102 valence electrons. The molecule has 0 atom stereocenters. The van der Waals surface area contributed by atoms with E-state index in [1.54, 1.807) is 12.1 Å². The van der Waals surface area contributed by atoms with E-state index in [0.29, 0.717) is 17.2 Å². The number of carbonyl (C=O) groups is 1. The number of fused-ring (bicyclic) bond motifs is 1. The molecule has 1 aliphatic rings. The molecule has 0 fully saturated rings. The molecular formula is C14H15BrO4. The molecule has 19 heavy (non-hydrogen) atoms. The average Bonchev–Trinajstić information content (AvgIpc) is 2.27. The topological polar surface area (TPSA) is 44.8 Å². The third-order valence-corrected chi connectivity index (χ3v) is 3.28. The number of hydrogen-bond donors (Lipinski definition) is 0. The summed E-state index contributed by atoms with van der Waals surface area (Å²) in [6.07, 6.45) is 1.96. The second-order valence-corrected chi connectivity index (χ2v) is 5.64. The van der Waals surface area contributed by atoms with Crippen LogP contribution >= 0.6 is 15.9 Å². The second kappa shape index (κ2) is 4.89. The first kappa shape index (κ1) is 13.9. The predicted octanol–water partition coefficient (Wildman–Crippen LogP) is 3.53. The predicted molar refractivity (Wildman–Crippen MR) is 75.9 cm³/mol. The molecule has 0 radical (unpaired) electrons. The van der Waals surface area contributed by atoms with E-state index in [1.165, 1.54) is 14.0 Å². The van der Waals surface area contributed by atoms with Crippen molar-refractivity contribution in [3.8, 4) is 17.2 Å². The number of halogens is 1. The Morgan fingerprint density at radius 2 is 2.00 bits per heavy atom. The van der Waals surface area contributed by atoms with Gasteiger partial charge in [-0.2, -0.15) is 0 Å². The summed E-state index contributed by atoms with van der Waals surface area (Å²) in [6.45, 7) is 5.27. The van der Waals surface area contributed by atoms with E-state index in [-0.39, 0.29) is 0 Å². The van der Waals surface area contributed by atoms with Crippen molar-refractivity contribution < 1.29 is 19.0 Å². The fraction of sp³-hybridized carbons (Fsp3) is 0.357. The summed E-state index contributed by atoms with van der Waals surface area (Å²) in [6, 6.07) is 3.45. The number of esters is 1. The van der Waals surface area contributed by atoms with E-state index in [4.69, 9.17) is 14.2 Å². The Balaban J connectivity index is 2.53. The van der Waals surface area contributed by atoms with Crippen molar-refractivity contribution in [1.29, 1.82) is 0 Å². The van der Waals surface area contributed by atoms with E-state index < -0.39 is 11.6 Å². The van der Waals surface area contributed by atoms with E-state index in [2.05, 4.69) is 15.9 Å². The Hall–Kier alpha value is -1.49. The van der Waals surface area contributed by atoms with Gasteiger partial charge in [0, 0.05) is 23.0 Å². The van der Waals surface area contributed by atoms with Crippen LogP contribution in [0.15, 0.2) is 18.2 Å². The van der Waals surface area contributed by atoms with Crippen LogP contribution in [-0.2, 0) is 4.79 Å². The minimum Gasteiger partial charge on any atom is -0.493 e. The van der Waals surface area contributed by atoms with Crippen LogP contribution in [0.3, 0.4) is 0 Å². The van der Waals surface area contributed by atoms with Crippen molar-refractivity contribution in [2.75, 3.05) is 7.11 Å². The lowest BCUT2D eigenvalue weighted by atomic mass is 10.0. The van der Waals surface area contributed by atoms with Crippen molar-refractivity contribution >= 4 is 26.4 Å². The largest absolute Gasteiger partial charge is 0.493 e. The summed E-state index contributed by atoms with van der Waals surface area (Å²) in [4.78, 5) is 11.1. The molecule has 1 heterocycles. The van der Waals surface area contributed by atoms with Gasteiger partial charge < -0.3 is 14.2 Å². The minimum absolute atomic E-state index is 0.377. The summed E-state index contributed by atoms with van der Waals surface area (Å²) < 4.78 is 17.1. The van der Waals surface area contributed by atoms with Crippen LogP contribution < -0.4 is 14.2 Å². The molecule has 0 aliphatic carbocycles. The quantitative estimate of drug-likeness (QED) is 0.616. The molecule has 0 amide bonds. The van der Waals surface area contributed by atoms with Gasteiger partial charge in [0.2, 0.25) is 0 Å². The van der Waals surface area contributed by atoms with Gasteiger partial charge in [0.15, 0.2) is 11.5 Å². The third-order valence-electron chi connectivity index (χ3n) is 2.62. The molecule has 0 unspecified atom stereocenters. The first-order valence-corrected chi connectivity index (χ1v) is 6.60. The van der Waals surface area contributed by atoms with Crippen molar-refractivity contribution in [2.24, 2.45) is 0 Å². The number of carbonyl (C=O) groups excluding carboxylic acids is 1. The zero-order chi connectivity index (χ0) is 14.2. The van der Waals surface area contributed by atoms with Crippen LogP contribution in [0.4, 0.5) is 0 Å².